The third-order valence-corrected chi connectivity index (χ3v) is 4.98. The second kappa shape index (κ2) is 6.34. The molecule has 2 aromatic rings. The number of methoxy groups -OCH3 is 1. The highest BCUT2D eigenvalue weighted by Gasteiger charge is 2.25. The van der Waals surface area contributed by atoms with Gasteiger partial charge >= 0.3 is 0 Å². The molecule has 23 heavy (non-hydrogen) atoms. The number of hydrogen-bond acceptors (Lipinski definition) is 4. The van der Waals surface area contributed by atoms with Crippen molar-refractivity contribution in [1.29, 1.82) is 0 Å². The van der Waals surface area contributed by atoms with E-state index in [1.54, 1.807) is 13.4 Å². The zero-order valence-electron chi connectivity index (χ0n) is 13.6. The third-order valence-electron chi connectivity index (χ3n) is 4.98. The van der Waals surface area contributed by atoms with Crippen LogP contribution in [-0.4, -0.2) is 41.6 Å². The molecule has 2 N–H and O–H groups in total. The monoisotopic (exact) mass is 312 g/mol. The third kappa shape index (κ3) is 2.86. The number of aromatic nitrogens is 2. The molecule has 3 heterocycles. The molecule has 1 atom stereocenters. The SMILES string of the molecule is COc1ccc([C@@H]2NCCc3[nH]cnc32)cc1CN1CCCC1. The summed E-state index contributed by atoms with van der Waals surface area (Å²) in [6, 6.07) is 6.73. The normalized spacial score (nSPS) is 21.3. The Hall–Kier alpha value is -1.85. The summed E-state index contributed by atoms with van der Waals surface area (Å²) in [5.41, 5.74) is 4.93. The van der Waals surface area contributed by atoms with Crippen molar-refractivity contribution in [3.8, 4) is 5.75 Å². The Morgan fingerprint density at radius 3 is 3.00 bits per heavy atom. The van der Waals surface area contributed by atoms with Gasteiger partial charge in [0.2, 0.25) is 0 Å². The number of imidazole rings is 1. The van der Waals surface area contributed by atoms with Crippen LogP contribution < -0.4 is 10.1 Å². The van der Waals surface area contributed by atoms with Gasteiger partial charge in [0.25, 0.3) is 0 Å². The number of fused-ring (bicyclic) bond motifs is 1. The van der Waals surface area contributed by atoms with E-state index in [4.69, 9.17) is 4.74 Å². The van der Waals surface area contributed by atoms with E-state index in [2.05, 4.69) is 38.4 Å². The molecule has 2 aliphatic rings. The van der Waals surface area contributed by atoms with Gasteiger partial charge in [-0.05, 0) is 43.6 Å². The lowest BCUT2D eigenvalue weighted by Gasteiger charge is -2.25. The van der Waals surface area contributed by atoms with Crippen molar-refractivity contribution in [3.05, 3.63) is 47.0 Å². The van der Waals surface area contributed by atoms with Crippen LogP contribution in [0.1, 0.15) is 41.4 Å². The standard InChI is InChI=1S/C18H24N4O/c1-23-16-5-4-13(10-14(16)11-22-8-2-3-9-22)17-18-15(6-7-19-17)20-12-21-18/h4-5,10,12,17,19H,2-3,6-9,11H2,1H3,(H,20,21)/t17-/m0/s1. The van der Waals surface area contributed by atoms with Crippen LogP contribution in [0.5, 0.6) is 5.75 Å². The first-order valence-electron chi connectivity index (χ1n) is 8.50. The van der Waals surface area contributed by atoms with Gasteiger partial charge in [-0.15, -0.1) is 0 Å². The van der Waals surface area contributed by atoms with E-state index in [0.717, 1.165) is 31.0 Å². The summed E-state index contributed by atoms with van der Waals surface area (Å²) < 4.78 is 5.58. The van der Waals surface area contributed by atoms with Gasteiger partial charge in [-0.1, -0.05) is 6.07 Å². The number of likely N-dealkylation sites (tertiary alicyclic amines) is 1. The summed E-state index contributed by atoms with van der Waals surface area (Å²) in [7, 11) is 1.76. The van der Waals surface area contributed by atoms with Gasteiger partial charge in [-0.25, -0.2) is 4.98 Å². The average molecular weight is 312 g/mol. The van der Waals surface area contributed by atoms with Crippen LogP contribution in [0, 0.1) is 0 Å². The highest BCUT2D eigenvalue weighted by atomic mass is 16.5. The van der Waals surface area contributed by atoms with Crippen molar-refractivity contribution < 1.29 is 4.74 Å². The van der Waals surface area contributed by atoms with Crippen LogP contribution in [0.15, 0.2) is 24.5 Å². The Kier molecular flexibility index (Phi) is 4.06. The van der Waals surface area contributed by atoms with Gasteiger partial charge in [-0.2, -0.15) is 0 Å². The summed E-state index contributed by atoms with van der Waals surface area (Å²) in [6.45, 7) is 4.33. The smallest absolute Gasteiger partial charge is 0.123 e. The first kappa shape index (κ1) is 14.7. The first-order valence-corrected chi connectivity index (χ1v) is 8.50. The van der Waals surface area contributed by atoms with Crippen LogP contribution >= 0.6 is 0 Å². The van der Waals surface area contributed by atoms with Crippen LogP contribution in [0.25, 0.3) is 0 Å². The van der Waals surface area contributed by atoms with Crippen molar-refractivity contribution in [2.45, 2.75) is 31.8 Å². The molecule has 0 spiro atoms. The predicted molar refractivity (Wildman–Crippen MR) is 89.6 cm³/mol. The minimum absolute atomic E-state index is 0.174. The largest absolute Gasteiger partial charge is 0.496 e. The molecule has 1 fully saturated rings. The van der Waals surface area contributed by atoms with Gasteiger partial charge in [-0.3, -0.25) is 4.90 Å². The fourth-order valence-corrected chi connectivity index (χ4v) is 3.78. The number of H-pyrrole nitrogens is 1. The maximum atomic E-state index is 5.58. The Bertz CT molecular complexity index is 675. The van der Waals surface area contributed by atoms with Gasteiger partial charge in [0.1, 0.15) is 5.75 Å². The van der Waals surface area contributed by atoms with Crippen LogP contribution in [0.2, 0.25) is 0 Å². The summed E-state index contributed by atoms with van der Waals surface area (Å²) in [4.78, 5) is 10.3. The second-order valence-electron chi connectivity index (χ2n) is 6.46. The van der Waals surface area contributed by atoms with Crippen molar-refractivity contribution >= 4 is 0 Å². The molecular weight excluding hydrogens is 288 g/mol. The Morgan fingerprint density at radius 1 is 1.30 bits per heavy atom. The number of hydrogen-bond donors (Lipinski definition) is 2. The van der Waals surface area contributed by atoms with E-state index in [0.29, 0.717) is 0 Å². The number of nitrogens with one attached hydrogen (secondary N) is 2. The Balaban J connectivity index is 1.65. The van der Waals surface area contributed by atoms with Crippen molar-refractivity contribution in [2.75, 3.05) is 26.7 Å². The molecule has 5 nitrogen and oxygen atoms in total. The Morgan fingerprint density at radius 2 is 2.17 bits per heavy atom. The van der Waals surface area contributed by atoms with E-state index in [9.17, 15) is 0 Å². The number of aromatic amines is 1. The van der Waals surface area contributed by atoms with Gasteiger partial charge in [0.15, 0.2) is 0 Å². The van der Waals surface area contributed by atoms with Crippen molar-refractivity contribution in [2.24, 2.45) is 0 Å². The fourth-order valence-electron chi connectivity index (χ4n) is 3.78. The fraction of sp³-hybridized carbons (Fsp3) is 0.500. The van der Waals surface area contributed by atoms with Gasteiger partial charge in [0.05, 0.1) is 25.2 Å². The van der Waals surface area contributed by atoms with E-state index < -0.39 is 0 Å². The lowest BCUT2D eigenvalue weighted by Crippen LogP contribution is -2.30. The van der Waals surface area contributed by atoms with Crippen LogP contribution in [0.4, 0.5) is 0 Å². The van der Waals surface area contributed by atoms with Gasteiger partial charge in [0, 0.05) is 30.8 Å². The molecule has 0 unspecified atom stereocenters. The minimum atomic E-state index is 0.174. The Labute approximate surface area is 137 Å². The summed E-state index contributed by atoms with van der Waals surface area (Å²) in [6.07, 6.45) is 5.44. The molecule has 1 aromatic carbocycles. The molecule has 0 aliphatic carbocycles. The first-order chi connectivity index (χ1) is 11.3. The molecule has 0 bridgehead atoms. The zero-order valence-corrected chi connectivity index (χ0v) is 13.6. The number of benzene rings is 1. The molecule has 1 aromatic heterocycles. The number of rotatable bonds is 4. The number of nitrogens with zero attached hydrogens (tertiary/aromatic N) is 2. The number of ether oxygens (including phenoxy) is 1. The molecule has 0 amide bonds. The molecule has 2 aliphatic heterocycles. The molecule has 122 valence electrons. The summed E-state index contributed by atoms with van der Waals surface area (Å²) >= 11 is 0. The second-order valence-corrected chi connectivity index (χ2v) is 6.46. The van der Waals surface area contributed by atoms with E-state index in [-0.39, 0.29) is 6.04 Å². The minimum Gasteiger partial charge on any atom is -0.496 e. The maximum Gasteiger partial charge on any atom is 0.123 e. The van der Waals surface area contributed by atoms with E-state index >= 15 is 0 Å². The average Bonchev–Trinajstić information content (AvgIpc) is 3.25. The zero-order chi connectivity index (χ0) is 15.6. The molecular formula is C18H24N4O. The lowest BCUT2D eigenvalue weighted by molar-refractivity contribution is 0.320. The predicted octanol–water partition coefficient (Wildman–Crippen LogP) is 2.25. The van der Waals surface area contributed by atoms with E-state index in [1.165, 1.54) is 42.8 Å². The summed E-state index contributed by atoms with van der Waals surface area (Å²) in [5, 5.41) is 3.60. The molecule has 5 heteroatoms. The lowest BCUT2D eigenvalue weighted by atomic mass is 9.96. The van der Waals surface area contributed by atoms with Crippen molar-refractivity contribution in [3.63, 3.8) is 0 Å². The highest BCUT2D eigenvalue weighted by Crippen LogP contribution is 2.30. The molecule has 4 rings (SSSR count). The topological polar surface area (TPSA) is 53.2 Å². The van der Waals surface area contributed by atoms with Gasteiger partial charge < -0.3 is 15.0 Å². The van der Waals surface area contributed by atoms with Crippen LogP contribution in [0.3, 0.4) is 0 Å². The highest BCUT2D eigenvalue weighted by molar-refractivity contribution is 5.41. The maximum absolute atomic E-state index is 5.58. The molecule has 0 radical (unpaired) electrons. The molecule has 1 saturated heterocycles. The molecule has 0 saturated carbocycles. The van der Waals surface area contributed by atoms with E-state index in [1.807, 2.05) is 0 Å². The van der Waals surface area contributed by atoms with Crippen LogP contribution in [-0.2, 0) is 13.0 Å². The van der Waals surface area contributed by atoms with Crippen molar-refractivity contribution in [1.82, 2.24) is 20.2 Å². The summed E-state index contributed by atoms with van der Waals surface area (Å²) in [5.74, 6) is 0.985. The quantitative estimate of drug-likeness (QED) is 0.909.